The van der Waals surface area contributed by atoms with Gasteiger partial charge in [-0.15, -0.1) is 28.3 Å². The van der Waals surface area contributed by atoms with Crippen molar-refractivity contribution < 1.29 is 4.74 Å². The number of nitrogens with zero attached hydrogens (tertiary/aromatic N) is 2. The fraction of sp³-hybridized carbons (Fsp3) is 0.308. The number of halogens is 2. The quantitative estimate of drug-likeness (QED) is 0.812. The van der Waals surface area contributed by atoms with Crippen molar-refractivity contribution in [3.63, 3.8) is 0 Å². The summed E-state index contributed by atoms with van der Waals surface area (Å²) in [6, 6.07) is 7.80. The van der Waals surface area contributed by atoms with Crippen LogP contribution in [0.5, 0.6) is 0 Å². The molecule has 0 N–H and O–H groups in total. The van der Waals surface area contributed by atoms with Gasteiger partial charge in [0, 0.05) is 29.1 Å². The van der Waals surface area contributed by atoms with Crippen LogP contribution >= 0.6 is 39.9 Å². The Balaban J connectivity index is 0.00000133. The molecule has 0 atom stereocenters. The SMILES string of the molecule is Br.Clc1cccc(-c2csc(N3CCOCC3)n2)c1. The predicted octanol–water partition coefficient (Wildman–Crippen LogP) is 3.88. The van der Waals surface area contributed by atoms with Crippen molar-refractivity contribution in [3.8, 4) is 11.3 Å². The molecule has 1 saturated heterocycles. The third-order valence-corrected chi connectivity index (χ3v) is 4.03. The smallest absolute Gasteiger partial charge is 0.186 e. The highest BCUT2D eigenvalue weighted by Crippen LogP contribution is 2.29. The fourth-order valence-electron chi connectivity index (χ4n) is 1.94. The monoisotopic (exact) mass is 360 g/mol. The molecule has 1 fully saturated rings. The van der Waals surface area contributed by atoms with Crippen molar-refractivity contribution in [2.45, 2.75) is 0 Å². The molecule has 0 amide bonds. The summed E-state index contributed by atoms with van der Waals surface area (Å²) in [5, 5.41) is 3.89. The minimum Gasteiger partial charge on any atom is -0.378 e. The lowest BCUT2D eigenvalue weighted by Gasteiger charge is -2.26. The van der Waals surface area contributed by atoms with Gasteiger partial charge in [0.25, 0.3) is 0 Å². The lowest BCUT2D eigenvalue weighted by Crippen LogP contribution is -2.36. The summed E-state index contributed by atoms with van der Waals surface area (Å²) >= 11 is 7.67. The van der Waals surface area contributed by atoms with Crippen molar-refractivity contribution in [1.29, 1.82) is 0 Å². The van der Waals surface area contributed by atoms with Gasteiger partial charge in [-0.2, -0.15) is 0 Å². The summed E-state index contributed by atoms with van der Waals surface area (Å²) in [6.07, 6.45) is 0. The molecule has 0 saturated carbocycles. The second kappa shape index (κ2) is 6.70. The Morgan fingerprint density at radius 1 is 1.26 bits per heavy atom. The molecular weight excluding hydrogens is 348 g/mol. The molecule has 2 heterocycles. The number of benzene rings is 1. The molecule has 3 nitrogen and oxygen atoms in total. The summed E-state index contributed by atoms with van der Waals surface area (Å²) in [5.41, 5.74) is 2.06. The van der Waals surface area contributed by atoms with E-state index < -0.39 is 0 Å². The zero-order valence-corrected chi connectivity index (χ0v) is 13.5. The predicted molar refractivity (Wildman–Crippen MR) is 85.9 cm³/mol. The molecule has 1 aromatic carbocycles. The molecule has 0 aliphatic carbocycles. The van der Waals surface area contributed by atoms with Gasteiger partial charge in [0.1, 0.15) is 0 Å². The van der Waals surface area contributed by atoms with E-state index in [0.29, 0.717) is 0 Å². The number of morpholine rings is 1. The Morgan fingerprint density at radius 3 is 2.79 bits per heavy atom. The topological polar surface area (TPSA) is 25.4 Å². The van der Waals surface area contributed by atoms with E-state index in [1.165, 1.54) is 0 Å². The van der Waals surface area contributed by atoms with Crippen molar-refractivity contribution in [1.82, 2.24) is 4.98 Å². The molecule has 3 rings (SSSR count). The van der Waals surface area contributed by atoms with Gasteiger partial charge in [0.2, 0.25) is 0 Å². The van der Waals surface area contributed by atoms with Crippen LogP contribution in [0.4, 0.5) is 5.13 Å². The largest absolute Gasteiger partial charge is 0.378 e. The van der Waals surface area contributed by atoms with E-state index in [0.717, 1.165) is 47.7 Å². The first-order valence-corrected chi connectivity index (χ1v) is 7.13. The van der Waals surface area contributed by atoms with E-state index in [4.69, 9.17) is 16.3 Å². The molecule has 2 aromatic rings. The van der Waals surface area contributed by atoms with Crippen molar-refractivity contribution in [2.75, 3.05) is 31.2 Å². The lowest BCUT2D eigenvalue weighted by atomic mass is 10.2. The minimum atomic E-state index is 0. The van der Waals surface area contributed by atoms with Crippen LogP contribution in [-0.2, 0) is 4.74 Å². The molecule has 0 unspecified atom stereocenters. The van der Waals surface area contributed by atoms with Crippen LogP contribution < -0.4 is 4.90 Å². The van der Waals surface area contributed by atoms with Crippen molar-refractivity contribution in [2.24, 2.45) is 0 Å². The number of thiazole rings is 1. The van der Waals surface area contributed by atoms with Gasteiger partial charge in [-0.3, -0.25) is 0 Å². The average Bonchev–Trinajstić information content (AvgIpc) is 2.89. The maximum Gasteiger partial charge on any atom is 0.186 e. The van der Waals surface area contributed by atoms with Gasteiger partial charge in [0.15, 0.2) is 5.13 Å². The zero-order valence-electron chi connectivity index (χ0n) is 10.2. The maximum absolute atomic E-state index is 6.00. The van der Waals surface area contributed by atoms with E-state index >= 15 is 0 Å². The van der Waals surface area contributed by atoms with Crippen LogP contribution in [-0.4, -0.2) is 31.3 Å². The van der Waals surface area contributed by atoms with Gasteiger partial charge >= 0.3 is 0 Å². The summed E-state index contributed by atoms with van der Waals surface area (Å²) < 4.78 is 5.35. The number of ether oxygens (including phenoxy) is 1. The first kappa shape index (κ1) is 14.8. The number of hydrogen-bond acceptors (Lipinski definition) is 4. The normalized spacial score (nSPS) is 15.1. The van der Waals surface area contributed by atoms with Gasteiger partial charge in [-0.25, -0.2) is 4.98 Å². The zero-order chi connectivity index (χ0) is 12.4. The molecule has 6 heteroatoms. The van der Waals surface area contributed by atoms with Crippen LogP contribution in [0.15, 0.2) is 29.6 Å². The molecule has 1 aliphatic rings. The van der Waals surface area contributed by atoms with Gasteiger partial charge < -0.3 is 9.64 Å². The number of rotatable bonds is 2. The van der Waals surface area contributed by atoms with Crippen LogP contribution in [0, 0.1) is 0 Å². The molecule has 1 aliphatic heterocycles. The number of anilines is 1. The maximum atomic E-state index is 6.00. The molecule has 102 valence electrons. The van der Waals surface area contributed by atoms with Crippen LogP contribution in [0.25, 0.3) is 11.3 Å². The third kappa shape index (κ3) is 3.48. The second-order valence-electron chi connectivity index (χ2n) is 4.13. The summed E-state index contributed by atoms with van der Waals surface area (Å²) in [5.74, 6) is 0. The highest BCUT2D eigenvalue weighted by Gasteiger charge is 2.15. The van der Waals surface area contributed by atoms with Crippen LogP contribution in [0.2, 0.25) is 5.02 Å². The molecule has 0 spiro atoms. The first-order chi connectivity index (χ1) is 8.83. The summed E-state index contributed by atoms with van der Waals surface area (Å²) in [6.45, 7) is 3.41. The molecule has 1 aromatic heterocycles. The summed E-state index contributed by atoms with van der Waals surface area (Å²) in [4.78, 5) is 6.94. The Kier molecular flexibility index (Phi) is 5.21. The van der Waals surface area contributed by atoms with E-state index in [1.807, 2.05) is 24.3 Å². The highest BCUT2D eigenvalue weighted by molar-refractivity contribution is 8.93. The van der Waals surface area contributed by atoms with Crippen molar-refractivity contribution in [3.05, 3.63) is 34.7 Å². The summed E-state index contributed by atoms with van der Waals surface area (Å²) in [7, 11) is 0. The minimum absolute atomic E-state index is 0. The van der Waals surface area contributed by atoms with Crippen LogP contribution in [0.1, 0.15) is 0 Å². The van der Waals surface area contributed by atoms with Gasteiger partial charge in [-0.1, -0.05) is 23.7 Å². The Hall–Kier alpha value is -0.620. The van der Waals surface area contributed by atoms with E-state index in [-0.39, 0.29) is 17.0 Å². The Morgan fingerprint density at radius 2 is 2.05 bits per heavy atom. The number of hydrogen-bond donors (Lipinski definition) is 0. The number of aromatic nitrogens is 1. The molecular formula is C13H14BrClN2OS. The first-order valence-electron chi connectivity index (χ1n) is 5.87. The third-order valence-electron chi connectivity index (χ3n) is 2.89. The second-order valence-corrected chi connectivity index (χ2v) is 5.40. The lowest BCUT2D eigenvalue weighted by molar-refractivity contribution is 0.122. The molecule has 19 heavy (non-hydrogen) atoms. The van der Waals surface area contributed by atoms with E-state index in [9.17, 15) is 0 Å². The van der Waals surface area contributed by atoms with E-state index in [1.54, 1.807) is 11.3 Å². The van der Waals surface area contributed by atoms with E-state index in [2.05, 4.69) is 15.3 Å². The van der Waals surface area contributed by atoms with Crippen LogP contribution in [0.3, 0.4) is 0 Å². The Bertz CT molecular complexity index is 543. The molecule has 0 radical (unpaired) electrons. The highest BCUT2D eigenvalue weighted by atomic mass is 79.9. The standard InChI is InChI=1S/C13H13ClN2OS.BrH/c14-11-3-1-2-10(8-11)12-9-18-13(15-12)16-4-6-17-7-5-16;/h1-3,8-9H,4-7H2;1H. The van der Waals surface area contributed by atoms with Crippen molar-refractivity contribution >= 4 is 45.1 Å². The fourth-order valence-corrected chi connectivity index (χ4v) is 3.02. The van der Waals surface area contributed by atoms with Gasteiger partial charge in [-0.05, 0) is 12.1 Å². The Labute approximate surface area is 131 Å². The molecule has 0 bridgehead atoms. The van der Waals surface area contributed by atoms with Gasteiger partial charge in [0.05, 0.1) is 18.9 Å². The average molecular weight is 362 g/mol.